The molecule has 0 radical (unpaired) electrons. The maximum absolute atomic E-state index is 14.0. The average molecular weight is 601 g/mol. The van der Waals surface area contributed by atoms with E-state index in [4.69, 9.17) is 23.7 Å². The Balaban J connectivity index is 1.83. The van der Waals surface area contributed by atoms with Gasteiger partial charge < -0.3 is 29.0 Å². The first kappa shape index (κ1) is 28.5. The third kappa shape index (κ3) is 5.50. The highest BCUT2D eigenvalue weighted by Gasteiger charge is 2.42. The molecular formula is C30H34BrNO7. The molecular weight excluding hydrogens is 566 g/mol. The van der Waals surface area contributed by atoms with E-state index < -0.39 is 11.9 Å². The zero-order valence-electron chi connectivity index (χ0n) is 23.1. The number of carbonyl (C=O) groups excluding carboxylic acids is 2. The molecule has 2 aliphatic rings. The molecule has 0 saturated heterocycles. The molecule has 4 rings (SSSR count). The van der Waals surface area contributed by atoms with Gasteiger partial charge in [0.1, 0.15) is 0 Å². The third-order valence-corrected chi connectivity index (χ3v) is 7.86. The SMILES string of the molecule is CCCOC(=O)C1=C(C)NC2=C(C(=O)CC(c3ccc(OC)c(OC)c3)C2)C1c1cc(OC)c(OC)cc1Br. The van der Waals surface area contributed by atoms with Crippen LogP contribution >= 0.6 is 15.9 Å². The molecule has 0 spiro atoms. The number of esters is 1. The topological polar surface area (TPSA) is 92.3 Å². The first-order valence-corrected chi connectivity index (χ1v) is 13.6. The highest BCUT2D eigenvalue weighted by molar-refractivity contribution is 9.10. The summed E-state index contributed by atoms with van der Waals surface area (Å²) in [6.45, 7) is 4.07. The predicted octanol–water partition coefficient (Wildman–Crippen LogP) is 5.80. The number of ether oxygens (including phenoxy) is 5. The molecule has 2 aromatic rings. The fourth-order valence-electron chi connectivity index (χ4n) is 5.33. The van der Waals surface area contributed by atoms with Gasteiger partial charge in [0.25, 0.3) is 0 Å². The Labute approximate surface area is 237 Å². The summed E-state index contributed by atoms with van der Waals surface area (Å²) in [6.07, 6.45) is 1.57. The highest BCUT2D eigenvalue weighted by Crippen LogP contribution is 2.49. The first-order valence-electron chi connectivity index (χ1n) is 12.8. The Kier molecular flexibility index (Phi) is 8.90. The van der Waals surface area contributed by atoms with Crippen LogP contribution in [0, 0.1) is 0 Å². The van der Waals surface area contributed by atoms with E-state index in [-0.39, 0.29) is 24.7 Å². The lowest BCUT2D eigenvalue weighted by Gasteiger charge is -2.37. The van der Waals surface area contributed by atoms with E-state index in [9.17, 15) is 9.59 Å². The van der Waals surface area contributed by atoms with Gasteiger partial charge in [-0.3, -0.25) is 4.79 Å². The number of dihydropyridines is 1. The van der Waals surface area contributed by atoms with E-state index in [1.807, 2.05) is 38.1 Å². The van der Waals surface area contributed by atoms with E-state index in [0.29, 0.717) is 57.2 Å². The summed E-state index contributed by atoms with van der Waals surface area (Å²) in [5, 5.41) is 3.39. The van der Waals surface area contributed by atoms with Crippen LogP contribution < -0.4 is 24.3 Å². The van der Waals surface area contributed by atoms with E-state index in [2.05, 4.69) is 21.2 Å². The van der Waals surface area contributed by atoms with E-state index in [0.717, 1.165) is 16.8 Å². The largest absolute Gasteiger partial charge is 0.493 e. The number of halogens is 1. The lowest BCUT2D eigenvalue weighted by atomic mass is 9.71. The second kappa shape index (κ2) is 12.2. The van der Waals surface area contributed by atoms with Gasteiger partial charge in [0, 0.05) is 33.8 Å². The van der Waals surface area contributed by atoms with Gasteiger partial charge in [-0.1, -0.05) is 28.9 Å². The van der Waals surface area contributed by atoms with Crippen molar-refractivity contribution in [2.45, 2.75) is 44.9 Å². The summed E-state index contributed by atoms with van der Waals surface area (Å²) in [7, 11) is 6.30. The number of hydrogen-bond acceptors (Lipinski definition) is 8. The number of benzene rings is 2. The fourth-order valence-corrected chi connectivity index (χ4v) is 5.88. The second-order valence-electron chi connectivity index (χ2n) is 9.50. The van der Waals surface area contributed by atoms with E-state index in [1.165, 1.54) is 0 Å². The standard InChI is InChI=1S/C30H34BrNO7/c1-7-10-39-30(34)27-16(2)32-21-11-18(17-8-9-23(35-3)24(13-17)36-4)12-22(33)29(21)28(27)19-14-25(37-5)26(38-6)15-20(19)31/h8-9,13-15,18,28,32H,7,10-12H2,1-6H3. The maximum atomic E-state index is 14.0. The summed E-state index contributed by atoms with van der Waals surface area (Å²) in [6, 6.07) is 9.35. The molecule has 1 heterocycles. The molecule has 8 nitrogen and oxygen atoms in total. The Morgan fingerprint density at radius 3 is 2.23 bits per heavy atom. The number of allylic oxidation sites excluding steroid dienone is 3. The minimum atomic E-state index is -0.640. The van der Waals surface area contributed by atoms with Gasteiger partial charge >= 0.3 is 5.97 Å². The van der Waals surface area contributed by atoms with Gasteiger partial charge in [-0.05, 0) is 61.1 Å². The second-order valence-corrected chi connectivity index (χ2v) is 10.4. The van der Waals surface area contributed by atoms with Gasteiger partial charge in [0.2, 0.25) is 0 Å². The molecule has 0 saturated carbocycles. The van der Waals surface area contributed by atoms with Crippen molar-refractivity contribution in [2.75, 3.05) is 35.0 Å². The Morgan fingerprint density at radius 1 is 0.949 bits per heavy atom. The quantitative estimate of drug-likeness (QED) is 0.362. The zero-order valence-corrected chi connectivity index (χ0v) is 24.7. The van der Waals surface area contributed by atoms with Gasteiger partial charge in [-0.25, -0.2) is 4.79 Å². The highest BCUT2D eigenvalue weighted by atomic mass is 79.9. The van der Waals surface area contributed by atoms with Gasteiger partial charge in [0.15, 0.2) is 28.8 Å². The molecule has 39 heavy (non-hydrogen) atoms. The van der Waals surface area contributed by atoms with Crippen LogP contribution in [0.5, 0.6) is 23.0 Å². The lowest BCUT2D eigenvalue weighted by molar-refractivity contribution is -0.139. The Hall–Kier alpha value is -3.46. The number of ketones is 1. The Bertz CT molecular complexity index is 1350. The molecule has 208 valence electrons. The normalized spacial score (nSPS) is 18.8. The third-order valence-electron chi connectivity index (χ3n) is 7.18. The molecule has 0 fully saturated rings. The van der Waals surface area contributed by atoms with Crippen molar-refractivity contribution in [3.63, 3.8) is 0 Å². The van der Waals surface area contributed by atoms with Crippen molar-refractivity contribution in [3.8, 4) is 23.0 Å². The fraction of sp³-hybridized carbons (Fsp3) is 0.400. The van der Waals surface area contributed by atoms with Crippen LogP contribution in [-0.4, -0.2) is 46.8 Å². The molecule has 1 N–H and O–H groups in total. The molecule has 0 amide bonds. The smallest absolute Gasteiger partial charge is 0.336 e. The number of carbonyl (C=O) groups is 2. The molecule has 0 aromatic heterocycles. The van der Waals surface area contributed by atoms with Gasteiger partial charge in [-0.2, -0.15) is 0 Å². The van der Waals surface area contributed by atoms with E-state index in [1.54, 1.807) is 34.5 Å². The van der Waals surface area contributed by atoms with Crippen molar-refractivity contribution in [3.05, 3.63) is 68.5 Å². The van der Waals surface area contributed by atoms with Crippen LogP contribution in [0.2, 0.25) is 0 Å². The summed E-state index contributed by atoms with van der Waals surface area (Å²) >= 11 is 3.66. The maximum Gasteiger partial charge on any atom is 0.336 e. The minimum Gasteiger partial charge on any atom is -0.493 e. The summed E-state index contributed by atoms with van der Waals surface area (Å²) in [4.78, 5) is 27.3. The monoisotopic (exact) mass is 599 g/mol. The number of hydrogen-bond donors (Lipinski definition) is 1. The van der Waals surface area contributed by atoms with Crippen LogP contribution in [-0.2, 0) is 14.3 Å². The average Bonchev–Trinajstić information content (AvgIpc) is 2.94. The zero-order chi connectivity index (χ0) is 28.3. The molecule has 2 unspecified atom stereocenters. The molecule has 2 atom stereocenters. The molecule has 2 aromatic carbocycles. The predicted molar refractivity (Wildman–Crippen MR) is 151 cm³/mol. The van der Waals surface area contributed by atoms with Crippen molar-refractivity contribution in [1.29, 1.82) is 0 Å². The van der Waals surface area contributed by atoms with E-state index >= 15 is 0 Å². The summed E-state index contributed by atoms with van der Waals surface area (Å²) < 4.78 is 28.2. The summed E-state index contributed by atoms with van der Waals surface area (Å²) in [5.41, 5.74) is 4.13. The van der Waals surface area contributed by atoms with Gasteiger partial charge in [0.05, 0.1) is 40.6 Å². The lowest BCUT2D eigenvalue weighted by Crippen LogP contribution is -2.36. The van der Waals surface area contributed by atoms with Crippen molar-refractivity contribution >= 4 is 27.7 Å². The number of nitrogens with one attached hydrogen (secondary N) is 1. The number of methoxy groups -OCH3 is 4. The van der Waals surface area contributed by atoms with Crippen molar-refractivity contribution in [1.82, 2.24) is 5.32 Å². The molecule has 9 heteroatoms. The van der Waals surface area contributed by atoms with Crippen LogP contribution in [0.25, 0.3) is 0 Å². The minimum absolute atomic E-state index is 0.0384. The number of rotatable bonds is 9. The summed E-state index contributed by atoms with van der Waals surface area (Å²) in [5.74, 6) is 1.09. The molecule has 0 bridgehead atoms. The van der Waals surface area contributed by atoms with Crippen LogP contribution in [0.15, 0.2) is 57.3 Å². The van der Waals surface area contributed by atoms with Gasteiger partial charge in [-0.15, -0.1) is 0 Å². The molecule has 1 aliphatic carbocycles. The first-order chi connectivity index (χ1) is 18.8. The van der Waals surface area contributed by atoms with Crippen molar-refractivity contribution < 1.29 is 33.3 Å². The Morgan fingerprint density at radius 2 is 1.59 bits per heavy atom. The molecule has 1 aliphatic heterocycles. The van der Waals surface area contributed by atoms with Crippen LogP contribution in [0.3, 0.4) is 0 Å². The van der Waals surface area contributed by atoms with Crippen LogP contribution in [0.1, 0.15) is 56.1 Å². The number of Topliss-reactive ketones (excluding diaryl/α,β-unsaturated/α-hetero) is 1. The van der Waals surface area contributed by atoms with Crippen LogP contribution in [0.4, 0.5) is 0 Å². The van der Waals surface area contributed by atoms with Crippen molar-refractivity contribution in [2.24, 2.45) is 0 Å².